The molecule has 2 aromatic carbocycles. The van der Waals surface area contributed by atoms with Crippen molar-refractivity contribution in [1.29, 1.82) is 0 Å². The van der Waals surface area contributed by atoms with Gasteiger partial charge in [0, 0.05) is 25.2 Å². The highest BCUT2D eigenvalue weighted by molar-refractivity contribution is 7.89. The van der Waals surface area contributed by atoms with E-state index in [1.807, 2.05) is 0 Å². The van der Waals surface area contributed by atoms with Crippen molar-refractivity contribution in [2.45, 2.75) is 18.7 Å². The van der Waals surface area contributed by atoms with Crippen molar-refractivity contribution >= 4 is 21.6 Å². The minimum atomic E-state index is -4.09. The van der Waals surface area contributed by atoms with Gasteiger partial charge in [-0.3, -0.25) is 4.79 Å². The molecule has 0 unspecified atom stereocenters. The molecule has 0 aromatic heterocycles. The van der Waals surface area contributed by atoms with E-state index in [-0.39, 0.29) is 31.9 Å². The zero-order valence-electron chi connectivity index (χ0n) is 18.9. The molecule has 1 fully saturated rings. The summed E-state index contributed by atoms with van der Waals surface area (Å²) in [4.78, 5) is 14.6. The largest absolute Gasteiger partial charge is 0.490 e. The molecular formula is C23H30FN3O5S. The number of hydrogen-bond donors (Lipinski definition) is 1. The van der Waals surface area contributed by atoms with Crippen molar-refractivity contribution in [3.63, 3.8) is 0 Å². The monoisotopic (exact) mass is 479 g/mol. The highest BCUT2D eigenvalue weighted by atomic mass is 32.2. The molecule has 0 aliphatic carbocycles. The van der Waals surface area contributed by atoms with Gasteiger partial charge in [-0.15, -0.1) is 0 Å². The lowest BCUT2D eigenvalue weighted by atomic mass is 10.2. The smallest absolute Gasteiger partial charge is 0.255 e. The standard InChI is InChI=1S/C23H30FN3O5S/c1-3-26(4-2)11-16-32-21-8-6-5-7-20(21)25-23(28)18-9-10-19(24)22(17-18)33(29,30)27-12-14-31-15-13-27/h5-10,17H,3-4,11-16H2,1-2H3,(H,25,28). The second-order valence-electron chi connectivity index (χ2n) is 7.49. The number of para-hydroxylation sites is 2. The quantitative estimate of drug-likeness (QED) is 0.564. The number of carbonyl (C=O) groups excluding carboxylic acids is 1. The van der Waals surface area contributed by atoms with Gasteiger partial charge in [-0.05, 0) is 43.4 Å². The third kappa shape index (κ3) is 6.29. The summed E-state index contributed by atoms with van der Waals surface area (Å²) in [5.41, 5.74) is 0.477. The molecule has 0 saturated carbocycles. The number of benzene rings is 2. The van der Waals surface area contributed by atoms with Gasteiger partial charge in [-0.2, -0.15) is 4.31 Å². The fraction of sp³-hybridized carbons (Fsp3) is 0.435. The van der Waals surface area contributed by atoms with E-state index >= 15 is 0 Å². The summed E-state index contributed by atoms with van der Waals surface area (Å²) in [5, 5.41) is 2.74. The fourth-order valence-corrected chi connectivity index (χ4v) is 4.98. The van der Waals surface area contributed by atoms with Gasteiger partial charge >= 0.3 is 0 Å². The number of hydrogen-bond acceptors (Lipinski definition) is 6. The molecule has 1 heterocycles. The van der Waals surface area contributed by atoms with Crippen molar-refractivity contribution in [3.8, 4) is 5.75 Å². The molecule has 1 aliphatic rings. The van der Waals surface area contributed by atoms with Crippen LogP contribution in [-0.4, -0.2) is 76.1 Å². The Kier molecular flexibility index (Phi) is 8.79. The number of ether oxygens (including phenoxy) is 2. The van der Waals surface area contributed by atoms with Crippen molar-refractivity contribution in [3.05, 3.63) is 53.8 Å². The lowest BCUT2D eigenvalue weighted by molar-refractivity contribution is 0.0729. The van der Waals surface area contributed by atoms with Gasteiger partial charge in [0.15, 0.2) is 0 Å². The maximum Gasteiger partial charge on any atom is 0.255 e. The number of likely N-dealkylation sites (N-methyl/N-ethyl adjacent to an activating group) is 1. The van der Waals surface area contributed by atoms with Crippen LogP contribution in [0.25, 0.3) is 0 Å². The van der Waals surface area contributed by atoms with Crippen molar-refractivity contribution in [1.82, 2.24) is 9.21 Å². The lowest BCUT2D eigenvalue weighted by Gasteiger charge is -2.26. The zero-order valence-corrected chi connectivity index (χ0v) is 19.7. The minimum absolute atomic E-state index is 0.0289. The molecular weight excluding hydrogens is 449 g/mol. The average Bonchev–Trinajstić information content (AvgIpc) is 2.83. The summed E-state index contributed by atoms with van der Waals surface area (Å²) >= 11 is 0. The van der Waals surface area contributed by atoms with E-state index in [4.69, 9.17) is 9.47 Å². The van der Waals surface area contributed by atoms with Crippen molar-refractivity contribution < 1.29 is 27.1 Å². The molecule has 33 heavy (non-hydrogen) atoms. The van der Waals surface area contributed by atoms with E-state index in [9.17, 15) is 17.6 Å². The first-order valence-electron chi connectivity index (χ1n) is 11.0. The number of halogens is 1. The van der Waals surface area contributed by atoms with Crippen LogP contribution >= 0.6 is 0 Å². The predicted molar refractivity (Wildman–Crippen MR) is 124 cm³/mol. The topological polar surface area (TPSA) is 88.2 Å². The van der Waals surface area contributed by atoms with Gasteiger partial charge in [0.25, 0.3) is 5.91 Å². The third-order valence-corrected chi connectivity index (χ3v) is 7.39. The summed E-state index contributed by atoms with van der Waals surface area (Å²) in [6.07, 6.45) is 0. The van der Waals surface area contributed by atoms with Gasteiger partial charge in [0.05, 0.1) is 18.9 Å². The van der Waals surface area contributed by atoms with Crippen LogP contribution in [0.15, 0.2) is 47.4 Å². The first-order valence-corrected chi connectivity index (χ1v) is 12.4. The molecule has 1 N–H and O–H groups in total. The van der Waals surface area contributed by atoms with Crippen LogP contribution in [0.1, 0.15) is 24.2 Å². The number of carbonyl (C=O) groups is 1. The summed E-state index contributed by atoms with van der Waals surface area (Å²) < 4.78 is 52.4. The number of anilines is 1. The Bertz CT molecular complexity index is 1050. The van der Waals surface area contributed by atoms with E-state index in [1.54, 1.807) is 24.3 Å². The number of nitrogens with zero attached hydrogens (tertiary/aromatic N) is 2. The van der Waals surface area contributed by atoms with Crippen LogP contribution in [0.4, 0.5) is 10.1 Å². The molecule has 180 valence electrons. The number of sulfonamides is 1. The number of rotatable bonds is 10. The van der Waals surface area contributed by atoms with Crippen LogP contribution < -0.4 is 10.1 Å². The Morgan fingerprint density at radius 3 is 2.55 bits per heavy atom. The van der Waals surface area contributed by atoms with E-state index in [2.05, 4.69) is 24.1 Å². The Morgan fingerprint density at radius 2 is 1.85 bits per heavy atom. The highest BCUT2D eigenvalue weighted by Gasteiger charge is 2.30. The lowest BCUT2D eigenvalue weighted by Crippen LogP contribution is -2.41. The van der Waals surface area contributed by atoms with Crippen molar-refractivity contribution in [2.24, 2.45) is 0 Å². The minimum Gasteiger partial charge on any atom is -0.490 e. The second kappa shape index (κ2) is 11.6. The first-order chi connectivity index (χ1) is 15.9. The Labute approximate surface area is 194 Å². The number of amides is 1. The molecule has 0 atom stereocenters. The van der Waals surface area contributed by atoms with Gasteiger partial charge in [-0.1, -0.05) is 26.0 Å². The van der Waals surface area contributed by atoms with Gasteiger partial charge in [0.2, 0.25) is 10.0 Å². The first kappa shape index (κ1) is 25.1. The molecule has 0 spiro atoms. The Balaban J connectivity index is 1.76. The molecule has 1 aliphatic heterocycles. The predicted octanol–water partition coefficient (Wildman–Crippen LogP) is 2.82. The second-order valence-corrected chi connectivity index (χ2v) is 9.39. The van der Waals surface area contributed by atoms with Gasteiger partial charge in [0.1, 0.15) is 23.1 Å². The zero-order chi connectivity index (χ0) is 23.8. The van der Waals surface area contributed by atoms with Crippen LogP contribution in [-0.2, 0) is 14.8 Å². The van der Waals surface area contributed by atoms with Crippen molar-refractivity contribution in [2.75, 3.05) is 57.9 Å². The number of morpholine rings is 1. The number of nitrogens with one attached hydrogen (secondary N) is 1. The van der Waals surface area contributed by atoms with Crippen LogP contribution in [0.3, 0.4) is 0 Å². The molecule has 3 rings (SSSR count). The molecule has 0 bridgehead atoms. The molecule has 1 amide bonds. The normalized spacial score (nSPS) is 14.9. The molecule has 1 saturated heterocycles. The van der Waals surface area contributed by atoms with E-state index < -0.39 is 26.6 Å². The average molecular weight is 480 g/mol. The third-order valence-electron chi connectivity index (χ3n) is 5.48. The Morgan fingerprint density at radius 1 is 1.15 bits per heavy atom. The molecule has 2 aromatic rings. The van der Waals surface area contributed by atoms with Gasteiger partial charge in [-0.25, -0.2) is 12.8 Å². The summed E-state index contributed by atoms with van der Waals surface area (Å²) in [7, 11) is -4.09. The SMILES string of the molecule is CCN(CC)CCOc1ccccc1NC(=O)c1ccc(F)c(S(=O)(=O)N2CCOCC2)c1. The van der Waals surface area contributed by atoms with E-state index in [1.165, 1.54) is 6.07 Å². The maximum absolute atomic E-state index is 14.4. The summed E-state index contributed by atoms with van der Waals surface area (Å²) in [5.74, 6) is -0.965. The van der Waals surface area contributed by atoms with Crippen LogP contribution in [0.2, 0.25) is 0 Å². The summed E-state index contributed by atoms with van der Waals surface area (Å²) in [6, 6.07) is 10.3. The molecule has 8 nitrogen and oxygen atoms in total. The van der Waals surface area contributed by atoms with Gasteiger partial charge < -0.3 is 19.7 Å². The fourth-order valence-electron chi connectivity index (χ4n) is 3.48. The maximum atomic E-state index is 14.4. The van der Waals surface area contributed by atoms with Crippen LogP contribution in [0, 0.1) is 5.82 Å². The Hall–Kier alpha value is -2.53. The highest BCUT2D eigenvalue weighted by Crippen LogP contribution is 2.26. The summed E-state index contributed by atoms with van der Waals surface area (Å²) in [6.45, 7) is 7.94. The van der Waals surface area contributed by atoms with E-state index in [0.29, 0.717) is 18.0 Å². The van der Waals surface area contributed by atoms with E-state index in [0.717, 1.165) is 36.1 Å². The molecule has 0 radical (unpaired) electrons. The molecule has 10 heteroatoms. The van der Waals surface area contributed by atoms with Crippen LogP contribution in [0.5, 0.6) is 5.75 Å².